The van der Waals surface area contributed by atoms with E-state index in [-0.39, 0.29) is 11.8 Å². The number of halogens is 1. The number of carbonyl (C=O) groups excluding carboxylic acids is 1. The zero-order valence-electron chi connectivity index (χ0n) is 19.9. The van der Waals surface area contributed by atoms with Gasteiger partial charge in [0.2, 0.25) is 5.91 Å². The van der Waals surface area contributed by atoms with Gasteiger partial charge in [-0.25, -0.2) is 4.98 Å². The van der Waals surface area contributed by atoms with Crippen LogP contribution in [0.5, 0.6) is 11.5 Å². The number of anilines is 1. The largest absolute Gasteiger partial charge is 0.493 e. The highest BCUT2D eigenvalue weighted by molar-refractivity contribution is 6.31. The number of nitrogens with zero attached hydrogens (tertiary/aromatic N) is 3. The molecule has 5 rings (SSSR count). The SMILES string of the molecule is COc1ccccc1OCCCn1c([C@H]2CC(=O)N(c3cc(Cl)ccc3C)C2)nc2ccccc21. The predicted octanol–water partition coefficient (Wildman–Crippen LogP) is 6.00. The Morgan fingerprint density at radius 3 is 2.66 bits per heavy atom. The van der Waals surface area contributed by atoms with Crippen molar-refractivity contribution >= 4 is 34.2 Å². The van der Waals surface area contributed by atoms with Crippen LogP contribution in [-0.2, 0) is 11.3 Å². The van der Waals surface area contributed by atoms with Crippen LogP contribution in [-0.4, -0.2) is 35.7 Å². The summed E-state index contributed by atoms with van der Waals surface area (Å²) in [7, 11) is 1.64. The second-order valence-electron chi connectivity index (χ2n) is 8.80. The maximum absolute atomic E-state index is 13.0. The average molecular weight is 490 g/mol. The number of aryl methyl sites for hydroxylation is 2. The van der Waals surface area contributed by atoms with Crippen LogP contribution in [0.25, 0.3) is 11.0 Å². The van der Waals surface area contributed by atoms with E-state index in [1.807, 2.05) is 72.5 Å². The molecular weight excluding hydrogens is 462 g/mol. The first-order chi connectivity index (χ1) is 17.0. The summed E-state index contributed by atoms with van der Waals surface area (Å²) in [5.41, 5.74) is 3.92. The Balaban J connectivity index is 1.36. The lowest BCUT2D eigenvalue weighted by Gasteiger charge is -2.20. The van der Waals surface area contributed by atoms with Gasteiger partial charge in [-0.1, -0.05) is 41.9 Å². The summed E-state index contributed by atoms with van der Waals surface area (Å²) in [6, 6.07) is 21.5. The summed E-state index contributed by atoms with van der Waals surface area (Å²) in [6.45, 7) is 3.87. The molecule has 0 aliphatic carbocycles. The van der Waals surface area contributed by atoms with Gasteiger partial charge in [-0.2, -0.15) is 0 Å². The Bertz CT molecular complexity index is 1370. The number of hydrogen-bond donors (Lipinski definition) is 0. The van der Waals surface area contributed by atoms with E-state index in [9.17, 15) is 4.79 Å². The van der Waals surface area contributed by atoms with E-state index in [2.05, 4.69) is 10.6 Å². The molecule has 35 heavy (non-hydrogen) atoms. The zero-order chi connectivity index (χ0) is 24.4. The number of imidazole rings is 1. The van der Waals surface area contributed by atoms with Gasteiger partial charge in [0.1, 0.15) is 5.82 Å². The van der Waals surface area contributed by atoms with Crippen LogP contribution in [0, 0.1) is 6.92 Å². The third kappa shape index (κ3) is 4.71. The topological polar surface area (TPSA) is 56.6 Å². The monoisotopic (exact) mass is 489 g/mol. The number of amides is 1. The van der Waals surface area contributed by atoms with Crippen molar-refractivity contribution in [3.05, 3.63) is 83.1 Å². The van der Waals surface area contributed by atoms with Gasteiger partial charge >= 0.3 is 0 Å². The van der Waals surface area contributed by atoms with Crippen LogP contribution < -0.4 is 14.4 Å². The highest BCUT2D eigenvalue weighted by Crippen LogP contribution is 2.35. The number of para-hydroxylation sites is 4. The summed E-state index contributed by atoms with van der Waals surface area (Å²) in [6.07, 6.45) is 1.22. The molecule has 1 aromatic heterocycles. The van der Waals surface area contributed by atoms with Crippen LogP contribution in [0.3, 0.4) is 0 Å². The van der Waals surface area contributed by atoms with Crippen molar-refractivity contribution in [2.75, 3.05) is 25.2 Å². The average Bonchev–Trinajstić information content (AvgIpc) is 3.44. The van der Waals surface area contributed by atoms with Gasteiger partial charge in [0.25, 0.3) is 0 Å². The van der Waals surface area contributed by atoms with Crippen molar-refractivity contribution in [2.24, 2.45) is 0 Å². The van der Waals surface area contributed by atoms with Gasteiger partial charge in [-0.05, 0) is 55.3 Å². The quantitative estimate of drug-likeness (QED) is 0.285. The molecule has 6 nitrogen and oxygen atoms in total. The Hall–Kier alpha value is -3.51. The number of rotatable bonds is 8. The van der Waals surface area contributed by atoms with Gasteiger partial charge in [0, 0.05) is 36.1 Å². The van der Waals surface area contributed by atoms with Crippen molar-refractivity contribution in [1.82, 2.24) is 9.55 Å². The van der Waals surface area contributed by atoms with Crippen molar-refractivity contribution in [3.63, 3.8) is 0 Å². The zero-order valence-corrected chi connectivity index (χ0v) is 20.7. The molecule has 4 aromatic rings. The Labute approximate surface area is 210 Å². The van der Waals surface area contributed by atoms with E-state index in [0.29, 0.717) is 24.6 Å². The molecule has 3 aromatic carbocycles. The second-order valence-corrected chi connectivity index (χ2v) is 9.24. The number of fused-ring (bicyclic) bond motifs is 1. The second kappa shape index (κ2) is 10.0. The van der Waals surface area contributed by atoms with Crippen molar-refractivity contribution in [3.8, 4) is 11.5 Å². The molecule has 1 amide bonds. The fourth-order valence-corrected chi connectivity index (χ4v) is 4.94. The molecule has 1 fully saturated rings. The highest BCUT2D eigenvalue weighted by atomic mass is 35.5. The highest BCUT2D eigenvalue weighted by Gasteiger charge is 2.35. The Morgan fingerprint density at radius 1 is 1.06 bits per heavy atom. The van der Waals surface area contributed by atoms with Crippen LogP contribution >= 0.6 is 11.6 Å². The van der Waals surface area contributed by atoms with Gasteiger partial charge in [0.15, 0.2) is 11.5 Å². The lowest BCUT2D eigenvalue weighted by Crippen LogP contribution is -2.25. The molecule has 0 saturated carbocycles. The first kappa shape index (κ1) is 23.2. The van der Waals surface area contributed by atoms with E-state index in [0.717, 1.165) is 52.6 Å². The molecule has 0 bridgehead atoms. The number of aromatic nitrogens is 2. The molecule has 180 valence electrons. The lowest BCUT2D eigenvalue weighted by molar-refractivity contribution is -0.117. The molecule has 0 spiro atoms. The van der Waals surface area contributed by atoms with Crippen LogP contribution in [0.4, 0.5) is 5.69 Å². The molecule has 1 atom stereocenters. The first-order valence-electron chi connectivity index (χ1n) is 11.8. The van der Waals surface area contributed by atoms with Crippen LogP contribution in [0.1, 0.15) is 30.1 Å². The minimum Gasteiger partial charge on any atom is -0.493 e. The predicted molar refractivity (Wildman–Crippen MR) is 139 cm³/mol. The van der Waals surface area contributed by atoms with Gasteiger partial charge < -0.3 is 18.9 Å². The third-order valence-corrected chi connectivity index (χ3v) is 6.72. The van der Waals surface area contributed by atoms with Gasteiger partial charge in [-0.15, -0.1) is 0 Å². The number of benzene rings is 3. The molecule has 7 heteroatoms. The summed E-state index contributed by atoms with van der Waals surface area (Å²) < 4.78 is 13.6. The Morgan fingerprint density at radius 2 is 1.83 bits per heavy atom. The summed E-state index contributed by atoms with van der Waals surface area (Å²) >= 11 is 6.24. The summed E-state index contributed by atoms with van der Waals surface area (Å²) in [5.74, 6) is 2.50. The van der Waals surface area contributed by atoms with E-state index in [1.54, 1.807) is 7.11 Å². The number of carbonyl (C=O) groups is 1. The van der Waals surface area contributed by atoms with Crippen molar-refractivity contribution in [1.29, 1.82) is 0 Å². The molecular formula is C28H28ClN3O3. The molecule has 0 N–H and O–H groups in total. The lowest BCUT2D eigenvalue weighted by atomic mass is 10.1. The van der Waals surface area contributed by atoms with E-state index in [1.165, 1.54) is 0 Å². The fraction of sp³-hybridized carbons (Fsp3) is 0.286. The normalized spacial score (nSPS) is 15.7. The van der Waals surface area contributed by atoms with Crippen LogP contribution in [0.15, 0.2) is 66.7 Å². The van der Waals surface area contributed by atoms with E-state index < -0.39 is 0 Å². The maximum atomic E-state index is 13.0. The van der Waals surface area contributed by atoms with Crippen molar-refractivity contribution in [2.45, 2.75) is 32.2 Å². The smallest absolute Gasteiger partial charge is 0.227 e. The van der Waals surface area contributed by atoms with Crippen molar-refractivity contribution < 1.29 is 14.3 Å². The standard InChI is InChI=1S/C28H28ClN3O3/c1-19-12-13-21(29)17-24(19)32-18-20(16-27(32)33)28-30-22-8-3-4-9-23(22)31(28)14-7-15-35-26-11-6-5-10-25(26)34-2/h3-6,8-13,17,20H,7,14-16,18H2,1-2H3/t20-/m0/s1. The summed E-state index contributed by atoms with van der Waals surface area (Å²) in [5, 5.41) is 0.629. The number of ether oxygens (including phenoxy) is 2. The fourth-order valence-electron chi connectivity index (χ4n) is 4.77. The minimum absolute atomic E-state index is 0.00316. The molecule has 1 aliphatic rings. The molecule has 1 aliphatic heterocycles. The van der Waals surface area contributed by atoms with Gasteiger partial charge in [0.05, 0.1) is 24.8 Å². The summed E-state index contributed by atoms with van der Waals surface area (Å²) in [4.78, 5) is 19.8. The number of hydrogen-bond acceptors (Lipinski definition) is 4. The van der Waals surface area contributed by atoms with Crippen LogP contribution in [0.2, 0.25) is 5.02 Å². The first-order valence-corrected chi connectivity index (χ1v) is 12.2. The number of methoxy groups -OCH3 is 1. The molecule has 0 unspecified atom stereocenters. The molecule has 0 radical (unpaired) electrons. The van der Waals surface area contributed by atoms with E-state index >= 15 is 0 Å². The molecule has 2 heterocycles. The molecule has 1 saturated heterocycles. The maximum Gasteiger partial charge on any atom is 0.227 e. The van der Waals surface area contributed by atoms with Gasteiger partial charge in [-0.3, -0.25) is 4.79 Å². The minimum atomic E-state index is 0.00316. The Kier molecular flexibility index (Phi) is 6.64. The van der Waals surface area contributed by atoms with E-state index in [4.69, 9.17) is 26.1 Å². The third-order valence-electron chi connectivity index (χ3n) is 6.49.